The van der Waals surface area contributed by atoms with E-state index in [-0.39, 0.29) is 0 Å². The van der Waals surface area contributed by atoms with Crippen molar-refractivity contribution in [1.82, 2.24) is 5.32 Å². The first-order valence-corrected chi connectivity index (χ1v) is 7.16. The Morgan fingerprint density at radius 1 is 1.06 bits per heavy atom. The predicted octanol–water partition coefficient (Wildman–Crippen LogP) is 2.58. The van der Waals surface area contributed by atoms with E-state index in [1.807, 2.05) is 0 Å². The SMILES string of the molecule is C[C@@H]1COCC[C@H]1NC1CC2CCC[C@@H]2C1. The van der Waals surface area contributed by atoms with E-state index in [4.69, 9.17) is 4.74 Å². The van der Waals surface area contributed by atoms with Crippen LogP contribution >= 0.6 is 0 Å². The zero-order chi connectivity index (χ0) is 11.0. The van der Waals surface area contributed by atoms with Crippen LogP contribution in [-0.4, -0.2) is 25.3 Å². The highest BCUT2D eigenvalue weighted by Crippen LogP contribution is 2.44. The van der Waals surface area contributed by atoms with E-state index in [1.54, 1.807) is 0 Å². The zero-order valence-corrected chi connectivity index (χ0v) is 10.5. The minimum atomic E-state index is 0.703. The van der Waals surface area contributed by atoms with E-state index < -0.39 is 0 Å². The fourth-order valence-electron chi connectivity index (χ4n) is 4.13. The first-order valence-electron chi connectivity index (χ1n) is 7.16. The molecule has 2 unspecified atom stereocenters. The molecule has 3 aliphatic rings. The Hall–Kier alpha value is -0.0800. The maximum Gasteiger partial charge on any atom is 0.0506 e. The van der Waals surface area contributed by atoms with Crippen molar-refractivity contribution in [3.63, 3.8) is 0 Å². The van der Waals surface area contributed by atoms with Gasteiger partial charge in [-0.1, -0.05) is 26.2 Å². The Bertz CT molecular complexity index is 231. The topological polar surface area (TPSA) is 21.3 Å². The molecule has 0 aromatic heterocycles. The van der Waals surface area contributed by atoms with E-state index in [0.29, 0.717) is 5.92 Å². The van der Waals surface area contributed by atoms with E-state index in [0.717, 1.165) is 37.1 Å². The average Bonchev–Trinajstić information content (AvgIpc) is 2.81. The van der Waals surface area contributed by atoms with Crippen molar-refractivity contribution in [2.45, 2.75) is 57.5 Å². The van der Waals surface area contributed by atoms with Gasteiger partial charge >= 0.3 is 0 Å². The molecule has 0 aromatic carbocycles. The molecule has 5 atom stereocenters. The Labute approximate surface area is 99.1 Å². The van der Waals surface area contributed by atoms with Crippen LogP contribution in [0.5, 0.6) is 0 Å². The molecule has 2 aliphatic carbocycles. The molecular formula is C14H25NO. The van der Waals surface area contributed by atoms with Gasteiger partial charge in [0, 0.05) is 18.7 Å². The molecule has 3 fully saturated rings. The number of ether oxygens (including phenoxy) is 1. The predicted molar refractivity (Wildman–Crippen MR) is 65.4 cm³/mol. The molecule has 0 aromatic rings. The van der Waals surface area contributed by atoms with Gasteiger partial charge in [-0.05, 0) is 37.0 Å². The number of rotatable bonds is 2. The Kier molecular flexibility index (Phi) is 3.21. The maximum atomic E-state index is 5.51. The van der Waals surface area contributed by atoms with Crippen LogP contribution in [0.2, 0.25) is 0 Å². The lowest BCUT2D eigenvalue weighted by Crippen LogP contribution is -2.45. The molecule has 1 heterocycles. The van der Waals surface area contributed by atoms with Gasteiger partial charge in [0.15, 0.2) is 0 Å². The molecule has 1 aliphatic heterocycles. The monoisotopic (exact) mass is 223 g/mol. The smallest absolute Gasteiger partial charge is 0.0506 e. The largest absolute Gasteiger partial charge is 0.381 e. The van der Waals surface area contributed by atoms with Crippen molar-refractivity contribution in [3.8, 4) is 0 Å². The first kappa shape index (κ1) is 11.0. The van der Waals surface area contributed by atoms with Crippen LogP contribution < -0.4 is 5.32 Å². The Morgan fingerprint density at radius 2 is 1.81 bits per heavy atom. The van der Waals surface area contributed by atoms with Gasteiger partial charge in [0.25, 0.3) is 0 Å². The summed E-state index contributed by atoms with van der Waals surface area (Å²) in [7, 11) is 0. The van der Waals surface area contributed by atoms with Crippen LogP contribution in [0.3, 0.4) is 0 Å². The highest BCUT2D eigenvalue weighted by atomic mass is 16.5. The maximum absolute atomic E-state index is 5.51. The summed E-state index contributed by atoms with van der Waals surface area (Å²) in [4.78, 5) is 0. The highest BCUT2D eigenvalue weighted by molar-refractivity contribution is 4.93. The van der Waals surface area contributed by atoms with Crippen LogP contribution in [-0.2, 0) is 4.74 Å². The summed E-state index contributed by atoms with van der Waals surface area (Å²) >= 11 is 0. The molecule has 2 saturated carbocycles. The number of fused-ring (bicyclic) bond motifs is 1. The quantitative estimate of drug-likeness (QED) is 0.777. The molecule has 0 amide bonds. The molecule has 1 N–H and O–H groups in total. The van der Waals surface area contributed by atoms with Gasteiger partial charge in [-0.3, -0.25) is 0 Å². The molecule has 3 rings (SSSR count). The first-order chi connectivity index (χ1) is 7.83. The van der Waals surface area contributed by atoms with E-state index in [2.05, 4.69) is 12.2 Å². The fraction of sp³-hybridized carbons (Fsp3) is 1.00. The van der Waals surface area contributed by atoms with Gasteiger partial charge in [0.2, 0.25) is 0 Å². The van der Waals surface area contributed by atoms with E-state index >= 15 is 0 Å². The van der Waals surface area contributed by atoms with Crippen LogP contribution in [0.1, 0.15) is 45.4 Å². The van der Waals surface area contributed by atoms with Crippen molar-refractivity contribution in [3.05, 3.63) is 0 Å². The molecule has 1 saturated heterocycles. The third-order valence-electron chi connectivity index (χ3n) is 5.08. The van der Waals surface area contributed by atoms with Gasteiger partial charge < -0.3 is 10.1 Å². The third-order valence-corrected chi connectivity index (χ3v) is 5.08. The van der Waals surface area contributed by atoms with Gasteiger partial charge in [0.05, 0.1) is 6.61 Å². The molecule has 16 heavy (non-hydrogen) atoms. The molecular weight excluding hydrogens is 198 g/mol. The fourth-order valence-corrected chi connectivity index (χ4v) is 4.13. The second-order valence-corrected chi connectivity index (χ2v) is 6.23. The second kappa shape index (κ2) is 4.66. The van der Waals surface area contributed by atoms with Crippen LogP contribution in [0.4, 0.5) is 0 Å². The summed E-state index contributed by atoms with van der Waals surface area (Å²) in [5, 5.41) is 3.92. The van der Waals surface area contributed by atoms with Crippen molar-refractivity contribution < 1.29 is 4.74 Å². The summed E-state index contributed by atoms with van der Waals surface area (Å²) in [5.41, 5.74) is 0. The van der Waals surface area contributed by atoms with Crippen LogP contribution in [0.15, 0.2) is 0 Å². The second-order valence-electron chi connectivity index (χ2n) is 6.23. The van der Waals surface area contributed by atoms with E-state index in [9.17, 15) is 0 Å². The summed E-state index contributed by atoms with van der Waals surface area (Å²) in [5.74, 6) is 2.83. The van der Waals surface area contributed by atoms with Crippen molar-refractivity contribution in [2.75, 3.05) is 13.2 Å². The third kappa shape index (κ3) is 2.14. The Morgan fingerprint density at radius 3 is 2.50 bits per heavy atom. The molecule has 0 radical (unpaired) electrons. The summed E-state index contributed by atoms with van der Waals surface area (Å²) in [6.07, 6.45) is 8.63. The van der Waals surface area contributed by atoms with Gasteiger partial charge in [-0.2, -0.15) is 0 Å². The molecule has 2 nitrogen and oxygen atoms in total. The highest BCUT2D eigenvalue weighted by Gasteiger charge is 2.38. The summed E-state index contributed by atoms with van der Waals surface area (Å²) in [6.45, 7) is 4.24. The molecule has 2 heteroatoms. The average molecular weight is 223 g/mol. The normalized spacial score (nSPS) is 48.2. The standard InChI is InChI=1S/C14H25NO/c1-10-9-16-6-5-14(10)15-13-7-11-3-2-4-12(11)8-13/h10-15H,2-9H2,1H3/t10-,11-,12?,13?,14-/m1/s1. The zero-order valence-electron chi connectivity index (χ0n) is 10.5. The summed E-state index contributed by atoms with van der Waals surface area (Å²) in [6, 6.07) is 1.54. The van der Waals surface area contributed by atoms with Gasteiger partial charge in [-0.15, -0.1) is 0 Å². The molecule has 0 spiro atoms. The van der Waals surface area contributed by atoms with Gasteiger partial charge in [0.1, 0.15) is 0 Å². The number of nitrogens with one attached hydrogen (secondary N) is 1. The van der Waals surface area contributed by atoms with Crippen molar-refractivity contribution >= 4 is 0 Å². The lowest BCUT2D eigenvalue weighted by molar-refractivity contribution is 0.0357. The minimum absolute atomic E-state index is 0.703. The van der Waals surface area contributed by atoms with Crippen molar-refractivity contribution in [2.24, 2.45) is 17.8 Å². The van der Waals surface area contributed by atoms with Crippen LogP contribution in [0, 0.1) is 17.8 Å². The molecule has 0 bridgehead atoms. The minimum Gasteiger partial charge on any atom is -0.381 e. The van der Waals surface area contributed by atoms with E-state index in [1.165, 1.54) is 38.5 Å². The van der Waals surface area contributed by atoms with Crippen LogP contribution in [0.25, 0.3) is 0 Å². The molecule has 92 valence electrons. The Balaban J connectivity index is 1.51. The van der Waals surface area contributed by atoms with Crippen molar-refractivity contribution in [1.29, 1.82) is 0 Å². The van der Waals surface area contributed by atoms with Gasteiger partial charge in [-0.25, -0.2) is 0 Å². The summed E-state index contributed by atoms with van der Waals surface area (Å²) < 4.78 is 5.51. The number of hydrogen-bond donors (Lipinski definition) is 1. The lowest BCUT2D eigenvalue weighted by Gasteiger charge is -2.32. The lowest BCUT2D eigenvalue weighted by atomic mass is 9.96. The number of hydrogen-bond acceptors (Lipinski definition) is 2.